The van der Waals surface area contributed by atoms with Gasteiger partial charge in [-0.05, 0) is 43.5 Å². The monoisotopic (exact) mass is 348 g/mol. The number of nitrogens with one attached hydrogen (secondary N) is 3. The van der Waals surface area contributed by atoms with Gasteiger partial charge in [0.2, 0.25) is 0 Å². The molecule has 3 N–H and O–H groups in total. The number of carbonyl (C=O) groups is 1. The van der Waals surface area contributed by atoms with Crippen LogP contribution in [0.5, 0.6) is 0 Å². The first kappa shape index (κ1) is 18.2. The second-order valence-electron chi connectivity index (χ2n) is 5.80. The molecule has 1 aromatic heterocycles. The van der Waals surface area contributed by atoms with Gasteiger partial charge in [0.25, 0.3) is 11.5 Å². The van der Waals surface area contributed by atoms with Gasteiger partial charge in [-0.3, -0.25) is 9.59 Å². The van der Waals surface area contributed by atoms with Crippen LogP contribution >= 0.6 is 12.4 Å². The van der Waals surface area contributed by atoms with E-state index < -0.39 is 5.56 Å². The van der Waals surface area contributed by atoms with Crippen molar-refractivity contribution in [3.05, 3.63) is 62.6 Å². The summed E-state index contributed by atoms with van der Waals surface area (Å²) in [6, 6.07) is 8.29. The minimum atomic E-state index is -0.456. The van der Waals surface area contributed by atoms with Crippen LogP contribution in [0.1, 0.15) is 38.8 Å². The molecule has 0 aliphatic carbocycles. The molecule has 1 unspecified atom stereocenters. The van der Waals surface area contributed by atoms with Crippen molar-refractivity contribution in [3.8, 4) is 0 Å². The number of rotatable bonds is 3. The van der Waals surface area contributed by atoms with Crippen molar-refractivity contribution < 1.29 is 4.79 Å². The van der Waals surface area contributed by atoms with E-state index in [1.54, 1.807) is 13.8 Å². The van der Waals surface area contributed by atoms with Gasteiger partial charge in [-0.25, -0.2) is 5.10 Å². The maximum Gasteiger partial charge on any atom is 0.277 e. The zero-order chi connectivity index (χ0) is 16.4. The number of nitrogens with zero attached hydrogens (tertiary/aromatic N) is 1. The van der Waals surface area contributed by atoms with Gasteiger partial charge in [-0.15, -0.1) is 12.4 Å². The highest BCUT2D eigenvalue weighted by atomic mass is 35.5. The lowest BCUT2D eigenvalue weighted by Gasteiger charge is -2.27. The fourth-order valence-electron chi connectivity index (χ4n) is 2.96. The number of halogens is 1. The van der Waals surface area contributed by atoms with E-state index in [1.165, 1.54) is 11.1 Å². The molecule has 24 heavy (non-hydrogen) atoms. The lowest BCUT2D eigenvalue weighted by Crippen LogP contribution is -2.40. The number of carbonyl (C=O) groups excluding carboxylic acids is 1. The quantitative estimate of drug-likeness (QED) is 0.783. The Hall–Kier alpha value is -2.18. The van der Waals surface area contributed by atoms with E-state index in [-0.39, 0.29) is 29.9 Å². The fraction of sp³-hybridized carbons (Fsp3) is 0.353. The molecule has 1 amide bonds. The van der Waals surface area contributed by atoms with Gasteiger partial charge >= 0.3 is 0 Å². The highest BCUT2D eigenvalue weighted by Gasteiger charge is 2.21. The molecular formula is C17H21ClN4O2. The molecule has 0 saturated heterocycles. The molecular weight excluding hydrogens is 328 g/mol. The number of benzene rings is 1. The zero-order valence-corrected chi connectivity index (χ0v) is 14.5. The van der Waals surface area contributed by atoms with Crippen LogP contribution in [-0.2, 0) is 6.42 Å². The maximum absolute atomic E-state index is 12.4. The SMILES string of the molecule is Cc1n[nH]c(=O)c(C(=O)NCC2NCCc3ccccc32)c1C.Cl. The fourth-order valence-corrected chi connectivity index (χ4v) is 2.96. The second kappa shape index (κ2) is 7.59. The van der Waals surface area contributed by atoms with E-state index in [4.69, 9.17) is 0 Å². The number of aryl methyl sites for hydroxylation is 1. The number of hydrogen-bond donors (Lipinski definition) is 3. The number of aromatic nitrogens is 2. The summed E-state index contributed by atoms with van der Waals surface area (Å²) < 4.78 is 0. The Labute approximate surface area is 146 Å². The smallest absolute Gasteiger partial charge is 0.277 e. The topological polar surface area (TPSA) is 86.9 Å². The van der Waals surface area contributed by atoms with Crippen LogP contribution in [0, 0.1) is 13.8 Å². The standard InChI is InChI=1S/C17H20N4O2.ClH/c1-10-11(2)20-21-17(23)15(10)16(22)19-9-14-13-6-4-3-5-12(13)7-8-18-14;/h3-6,14,18H,7-9H2,1-2H3,(H,19,22)(H,21,23);1H. The van der Waals surface area contributed by atoms with Gasteiger partial charge in [0, 0.05) is 12.6 Å². The maximum atomic E-state index is 12.4. The number of hydrogen-bond acceptors (Lipinski definition) is 4. The van der Waals surface area contributed by atoms with E-state index >= 15 is 0 Å². The molecule has 128 valence electrons. The number of fused-ring (bicyclic) bond motifs is 1. The van der Waals surface area contributed by atoms with Crippen molar-refractivity contribution in [1.29, 1.82) is 0 Å². The van der Waals surface area contributed by atoms with Crippen LogP contribution in [0.25, 0.3) is 0 Å². The van der Waals surface area contributed by atoms with Crippen LogP contribution < -0.4 is 16.2 Å². The molecule has 0 spiro atoms. The summed E-state index contributed by atoms with van der Waals surface area (Å²) in [6.07, 6.45) is 0.989. The van der Waals surface area contributed by atoms with Crippen molar-refractivity contribution >= 4 is 18.3 Å². The summed E-state index contributed by atoms with van der Waals surface area (Å²) in [7, 11) is 0. The van der Waals surface area contributed by atoms with Gasteiger partial charge in [0.05, 0.1) is 5.69 Å². The second-order valence-corrected chi connectivity index (χ2v) is 5.80. The van der Waals surface area contributed by atoms with Gasteiger partial charge < -0.3 is 10.6 Å². The Balaban J connectivity index is 0.00000208. The first-order valence-corrected chi connectivity index (χ1v) is 7.73. The Morgan fingerprint density at radius 1 is 1.33 bits per heavy atom. The molecule has 6 nitrogen and oxygen atoms in total. The molecule has 0 bridgehead atoms. The average molecular weight is 349 g/mol. The van der Waals surface area contributed by atoms with Crippen molar-refractivity contribution in [1.82, 2.24) is 20.8 Å². The van der Waals surface area contributed by atoms with E-state index in [2.05, 4.69) is 33.0 Å². The minimum absolute atomic E-state index is 0. The molecule has 2 aromatic rings. The molecule has 0 saturated carbocycles. The predicted octanol–water partition coefficient (Wildman–Crippen LogP) is 1.43. The van der Waals surface area contributed by atoms with E-state index in [9.17, 15) is 9.59 Å². The Morgan fingerprint density at radius 3 is 2.88 bits per heavy atom. The zero-order valence-electron chi connectivity index (χ0n) is 13.7. The van der Waals surface area contributed by atoms with Crippen LogP contribution in [0.4, 0.5) is 0 Å². The summed E-state index contributed by atoms with van der Waals surface area (Å²) in [5.41, 5.74) is 3.46. The molecule has 7 heteroatoms. The van der Waals surface area contributed by atoms with Gasteiger partial charge in [-0.1, -0.05) is 24.3 Å². The van der Waals surface area contributed by atoms with E-state index in [0.717, 1.165) is 13.0 Å². The lowest BCUT2D eigenvalue weighted by atomic mass is 9.94. The summed E-state index contributed by atoms with van der Waals surface area (Å²) in [5, 5.41) is 12.5. The summed E-state index contributed by atoms with van der Waals surface area (Å²) in [5.74, 6) is -0.362. The van der Waals surface area contributed by atoms with Crippen LogP contribution in [0.2, 0.25) is 0 Å². The van der Waals surface area contributed by atoms with E-state index in [0.29, 0.717) is 17.8 Å². The highest BCUT2D eigenvalue weighted by Crippen LogP contribution is 2.21. The van der Waals surface area contributed by atoms with Gasteiger partial charge in [-0.2, -0.15) is 5.10 Å². The number of aromatic amines is 1. The first-order valence-electron chi connectivity index (χ1n) is 7.73. The molecule has 1 aliphatic heterocycles. The van der Waals surface area contributed by atoms with E-state index in [1.807, 2.05) is 12.1 Å². The van der Waals surface area contributed by atoms with Gasteiger partial charge in [0.15, 0.2) is 0 Å². The predicted molar refractivity (Wildman–Crippen MR) is 94.8 cm³/mol. The average Bonchev–Trinajstić information content (AvgIpc) is 2.56. The van der Waals surface area contributed by atoms with Crippen molar-refractivity contribution in [2.75, 3.05) is 13.1 Å². The molecule has 1 atom stereocenters. The summed E-state index contributed by atoms with van der Waals surface area (Å²) in [6.45, 7) is 4.82. The lowest BCUT2D eigenvalue weighted by molar-refractivity contribution is 0.0946. The van der Waals surface area contributed by atoms with Crippen LogP contribution in [-0.4, -0.2) is 29.2 Å². The Kier molecular flexibility index (Phi) is 5.75. The summed E-state index contributed by atoms with van der Waals surface area (Å²) in [4.78, 5) is 24.3. The normalized spacial score (nSPS) is 16.0. The molecule has 0 fully saturated rings. The molecule has 2 heterocycles. The van der Waals surface area contributed by atoms with Crippen molar-refractivity contribution in [3.63, 3.8) is 0 Å². The van der Waals surface area contributed by atoms with Gasteiger partial charge in [0.1, 0.15) is 5.56 Å². The highest BCUT2D eigenvalue weighted by molar-refractivity contribution is 5.95. The number of amides is 1. The first-order chi connectivity index (χ1) is 11.1. The summed E-state index contributed by atoms with van der Waals surface area (Å²) >= 11 is 0. The molecule has 3 rings (SSSR count). The third kappa shape index (κ3) is 3.49. The third-order valence-corrected chi connectivity index (χ3v) is 4.38. The Morgan fingerprint density at radius 2 is 2.08 bits per heavy atom. The molecule has 1 aromatic carbocycles. The number of H-pyrrole nitrogens is 1. The van der Waals surface area contributed by atoms with Crippen LogP contribution in [0.15, 0.2) is 29.1 Å². The molecule has 1 aliphatic rings. The van der Waals surface area contributed by atoms with Crippen molar-refractivity contribution in [2.24, 2.45) is 0 Å². The Bertz CT molecular complexity index is 803. The van der Waals surface area contributed by atoms with Crippen LogP contribution in [0.3, 0.4) is 0 Å². The van der Waals surface area contributed by atoms with Crippen molar-refractivity contribution in [2.45, 2.75) is 26.3 Å². The third-order valence-electron chi connectivity index (χ3n) is 4.38. The largest absolute Gasteiger partial charge is 0.350 e. The molecule has 0 radical (unpaired) electrons. The minimum Gasteiger partial charge on any atom is -0.350 e.